The zero-order chi connectivity index (χ0) is 20.3. The topological polar surface area (TPSA) is 77.1 Å². The molecule has 7 nitrogen and oxygen atoms in total. The molecule has 1 atom stereocenters. The van der Waals surface area contributed by atoms with Crippen LogP contribution < -0.4 is 24.4 Å². The summed E-state index contributed by atoms with van der Waals surface area (Å²) in [5.41, 5.74) is 1.58. The second-order valence-electron chi connectivity index (χ2n) is 6.24. The number of carbonyl (C=O) groups is 2. The van der Waals surface area contributed by atoms with Crippen molar-refractivity contribution in [3.8, 4) is 17.2 Å². The molecule has 0 aromatic heterocycles. The molecule has 3 rings (SSSR count). The molecule has 2 aromatic rings. The van der Waals surface area contributed by atoms with Crippen LogP contribution in [0.25, 0.3) is 0 Å². The number of nitrogens with zero attached hydrogens (tertiary/aromatic N) is 1. The Morgan fingerprint density at radius 1 is 1.21 bits per heavy atom. The number of nitrogens with one attached hydrogen (secondary N) is 1. The fourth-order valence-corrected chi connectivity index (χ4v) is 2.95. The maximum absolute atomic E-state index is 12.7. The highest BCUT2D eigenvalue weighted by atomic mass is 16.5. The Hall–Kier alpha value is -3.48. The first kappa shape index (κ1) is 19.3. The average molecular weight is 382 g/mol. The van der Waals surface area contributed by atoms with E-state index in [4.69, 9.17) is 14.2 Å². The average Bonchev–Trinajstić information content (AvgIpc) is 2.70. The molecule has 0 fully saturated rings. The van der Waals surface area contributed by atoms with Gasteiger partial charge in [0, 0.05) is 29.9 Å². The van der Waals surface area contributed by atoms with Gasteiger partial charge in [0.25, 0.3) is 11.8 Å². The molecule has 0 saturated carbocycles. The normalized spacial score (nSPS) is 15.3. The summed E-state index contributed by atoms with van der Waals surface area (Å²) in [5, 5.41) is 2.83. The minimum Gasteiger partial charge on any atom is -0.497 e. The highest BCUT2D eigenvalue weighted by Crippen LogP contribution is 2.36. The molecule has 7 heteroatoms. The summed E-state index contributed by atoms with van der Waals surface area (Å²) in [7, 11) is 3.05. The predicted octanol–water partition coefficient (Wildman–Crippen LogP) is 3.26. The van der Waals surface area contributed by atoms with Crippen LogP contribution in [0.15, 0.2) is 49.1 Å². The lowest BCUT2D eigenvalue weighted by atomic mass is 10.1. The standard InChI is InChI=1S/C21H22N2O5/c1-5-8-23-18-7-6-15(11-19(18)28-13(2)21(23)25)22-20(24)14-9-16(26-3)12-17(10-14)27-4/h5-7,9-13H,1,8H2,2-4H3,(H,22,24). The molecule has 146 valence electrons. The van der Waals surface area contributed by atoms with E-state index >= 15 is 0 Å². The fourth-order valence-electron chi connectivity index (χ4n) is 2.95. The van der Waals surface area contributed by atoms with Crippen molar-refractivity contribution in [2.24, 2.45) is 0 Å². The van der Waals surface area contributed by atoms with Crippen molar-refractivity contribution in [1.29, 1.82) is 0 Å². The minimum atomic E-state index is -0.610. The second-order valence-corrected chi connectivity index (χ2v) is 6.24. The number of fused-ring (bicyclic) bond motifs is 1. The van der Waals surface area contributed by atoms with Gasteiger partial charge in [0.05, 0.1) is 19.9 Å². The number of hydrogen-bond donors (Lipinski definition) is 1. The van der Waals surface area contributed by atoms with Crippen LogP contribution in [-0.4, -0.2) is 38.7 Å². The van der Waals surface area contributed by atoms with E-state index in [0.29, 0.717) is 40.7 Å². The Kier molecular flexibility index (Phi) is 5.54. The molecule has 1 unspecified atom stereocenters. The maximum Gasteiger partial charge on any atom is 0.268 e. The van der Waals surface area contributed by atoms with Crippen LogP contribution in [0.1, 0.15) is 17.3 Å². The van der Waals surface area contributed by atoms with Gasteiger partial charge in [-0.3, -0.25) is 9.59 Å². The Morgan fingerprint density at radius 3 is 2.50 bits per heavy atom. The second kappa shape index (κ2) is 8.04. The third-order valence-electron chi connectivity index (χ3n) is 4.35. The number of rotatable bonds is 6. The maximum atomic E-state index is 12.7. The zero-order valence-electron chi connectivity index (χ0n) is 16.0. The van der Waals surface area contributed by atoms with Crippen LogP contribution in [0.5, 0.6) is 17.2 Å². The molecular weight excluding hydrogens is 360 g/mol. The first-order valence-electron chi connectivity index (χ1n) is 8.74. The Balaban J connectivity index is 1.86. The van der Waals surface area contributed by atoms with E-state index in [9.17, 15) is 9.59 Å². The van der Waals surface area contributed by atoms with Crippen LogP contribution in [0, 0.1) is 0 Å². The lowest BCUT2D eigenvalue weighted by Gasteiger charge is -2.32. The number of ether oxygens (including phenoxy) is 3. The largest absolute Gasteiger partial charge is 0.497 e. The lowest BCUT2D eigenvalue weighted by Crippen LogP contribution is -2.44. The van der Waals surface area contributed by atoms with Gasteiger partial charge in [0.2, 0.25) is 0 Å². The summed E-state index contributed by atoms with van der Waals surface area (Å²) in [6.45, 7) is 5.77. The molecule has 0 spiro atoms. The van der Waals surface area contributed by atoms with Gasteiger partial charge < -0.3 is 24.4 Å². The van der Waals surface area contributed by atoms with E-state index in [-0.39, 0.29) is 11.8 Å². The van der Waals surface area contributed by atoms with Crippen molar-refractivity contribution in [2.45, 2.75) is 13.0 Å². The zero-order valence-corrected chi connectivity index (χ0v) is 16.0. The number of amides is 2. The third kappa shape index (κ3) is 3.78. The number of carbonyl (C=O) groups excluding carboxylic acids is 2. The monoisotopic (exact) mass is 382 g/mol. The summed E-state index contributed by atoms with van der Waals surface area (Å²) in [4.78, 5) is 26.6. The highest BCUT2D eigenvalue weighted by molar-refractivity contribution is 6.05. The van der Waals surface area contributed by atoms with E-state index in [1.165, 1.54) is 14.2 Å². The number of benzene rings is 2. The van der Waals surface area contributed by atoms with Gasteiger partial charge in [-0.2, -0.15) is 0 Å². The fraction of sp³-hybridized carbons (Fsp3) is 0.238. The van der Waals surface area contributed by atoms with Gasteiger partial charge in [-0.15, -0.1) is 6.58 Å². The lowest BCUT2D eigenvalue weighted by molar-refractivity contribution is -0.125. The Labute approximate surface area is 163 Å². The van der Waals surface area contributed by atoms with Crippen LogP contribution >= 0.6 is 0 Å². The summed E-state index contributed by atoms with van der Waals surface area (Å²) in [5.74, 6) is 1.11. The molecule has 2 amide bonds. The van der Waals surface area contributed by atoms with Crippen molar-refractivity contribution < 1.29 is 23.8 Å². The first-order valence-corrected chi connectivity index (χ1v) is 8.74. The molecule has 2 aromatic carbocycles. The van der Waals surface area contributed by atoms with Crippen LogP contribution in [-0.2, 0) is 4.79 Å². The summed E-state index contributed by atoms with van der Waals surface area (Å²) in [6, 6.07) is 10.1. The summed E-state index contributed by atoms with van der Waals surface area (Å²) in [6.07, 6.45) is 1.05. The quantitative estimate of drug-likeness (QED) is 0.776. The van der Waals surface area contributed by atoms with Crippen molar-refractivity contribution >= 4 is 23.2 Å². The van der Waals surface area contributed by atoms with Crippen LogP contribution in [0.3, 0.4) is 0 Å². The van der Waals surface area contributed by atoms with Crippen molar-refractivity contribution in [1.82, 2.24) is 0 Å². The van der Waals surface area contributed by atoms with E-state index in [1.807, 2.05) is 0 Å². The molecule has 1 heterocycles. The van der Waals surface area contributed by atoms with Gasteiger partial charge in [0.1, 0.15) is 17.2 Å². The molecule has 1 aliphatic heterocycles. The van der Waals surface area contributed by atoms with Gasteiger partial charge in [0.15, 0.2) is 6.10 Å². The third-order valence-corrected chi connectivity index (χ3v) is 4.35. The summed E-state index contributed by atoms with van der Waals surface area (Å²) >= 11 is 0. The number of hydrogen-bond acceptors (Lipinski definition) is 5. The molecule has 0 saturated heterocycles. The summed E-state index contributed by atoms with van der Waals surface area (Å²) < 4.78 is 16.1. The SMILES string of the molecule is C=CCN1C(=O)C(C)Oc2cc(NC(=O)c3cc(OC)cc(OC)c3)ccc21. The van der Waals surface area contributed by atoms with Crippen molar-refractivity contribution in [3.63, 3.8) is 0 Å². The Morgan fingerprint density at radius 2 is 1.89 bits per heavy atom. The van der Waals surface area contributed by atoms with Crippen LogP contribution in [0.2, 0.25) is 0 Å². The molecule has 0 bridgehead atoms. The van der Waals surface area contributed by atoms with Gasteiger partial charge >= 0.3 is 0 Å². The molecule has 0 aliphatic carbocycles. The molecular formula is C21H22N2O5. The van der Waals surface area contributed by atoms with E-state index in [0.717, 1.165) is 0 Å². The van der Waals surface area contributed by atoms with Gasteiger partial charge in [-0.05, 0) is 31.2 Å². The van der Waals surface area contributed by atoms with Crippen LogP contribution in [0.4, 0.5) is 11.4 Å². The van der Waals surface area contributed by atoms with Gasteiger partial charge in [-0.25, -0.2) is 0 Å². The minimum absolute atomic E-state index is 0.132. The smallest absolute Gasteiger partial charge is 0.268 e. The van der Waals surface area contributed by atoms with E-state index < -0.39 is 6.10 Å². The molecule has 0 radical (unpaired) electrons. The Bertz CT molecular complexity index is 903. The first-order chi connectivity index (χ1) is 13.5. The highest BCUT2D eigenvalue weighted by Gasteiger charge is 2.31. The predicted molar refractivity (Wildman–Crippen MR) is 107 cm³/mol. The molecule has 1 aliphatic rings. The molecule has 28 heavy (non-hydrogen) atoms. The van der Waals surface area contributed by atoms with Crippen molar-refractivity contribution in [3.05, 3.63) is 54.6 Å². The van der Waals surface area contributed by atoms with Crippen molar-refractivity contribution in [2.75, 3.05) is 31.0 Å². The van der Waals surface area contributed by atoms with Gasteiger partial charge in [-0.1, -0.05) is 6.08 Å². The van der Waals surface area contributed by atoms with E-state index in [2.05, 4.69) is 11.9 Å². The number of anilines is 2. The molecule has 1 N–H and O–H groups in total. The van der Waals surface area contributed by atoms with E-state index in [1.54, 1.807) is 54.3 Å². The number of methoxy groups -OCH3 is 2.